The summed E-state index contributed by atoms with van der Waals surface area (Å²) in [7, 11) is 0. The molecule has 0 aromatic carbocycles. The Morgan fingerprint density at radius 3 is 2.79 bits per heavy atom. The van der Waals surface area contributed by atoms with Gasteiger partial charge in [0.2, 0.25) is 0 Å². The minimum atomic E-state index is -0.929. The number of carboxylic acids is 1. The SMILES string of the molecule is CCOCCN(CC)C(=O)N1CCSCC1C(=O)O. The fourth-order valence-electron chi connectivity index (χ4n) is 1.93. The van der Waals surface area contributed by atoms with E-state index in [1.165, 1.54) is 4.90 Å². The standard InChI is InChI=1S/C12H22N2O4S/c1-3-13(5-7-18-4-2)12(17)14-6-8-19-9-10(14)11(15)16/h10H,3-9H2,1-2H3,(H,15,16). The summed E-state index contributed by atoms with van der Waals surface area (Å²) in [5, 5.41) is 9.18. The van der Waals surface area contributed by atoms with Crippen LogP contribution in [0.4, 0.5) is 4.79 Å². The van der Waals surface area contributed by atoms with E-state index in [0.717, 1.165) is 5.75 Å². The van der Waals surface area contributed by atoms with Crippen molar-refractivity contribution in [2.75, 3.05) is 44.4 Å². The number of likely N-dealkylation sites (N-methyl/N-ethyl adjacent to an activating group) is 1. The maximum atomic E-state index is 12.4. The number of nitrogens with zero attached hydrogens (tertiary/aromatic N) is 2. The van der Waals surface area contributed by atoms with E-state index in [1.807, 2.05) is 13.8 Å². The summed E-state index contributed by atoms with van der Waals surface area (Å²) in [6, 6.07) is -0.915. The average molecular weight is 290 g/mol. The van der Waals surface area contributed by atoms with Gasteiger partial charge in [-0.15, -0.1) is 0 Å². The molecule has 0 radical (unpaired) electrons. The van der Waals surface area contributed by atoms with Gasteiger partial charge in [-0.05, 0) is 13.8 Å². The topological polar surface area (TPSA) is 70.1 Å². The van der Waals surface area contributed by atoms with Gasteiger partial charge in [-0.3, -0.25) is 0 Å². The molecule has 1 N–H and O–H groups in total. The molecule has 0 aromatic heterocycles. The zero-order valence-corrected chi connectivity index (χ0v) is 12.3. The molecule has 1 unspecified atom stereocenters. The third-order valence-electron chi connectivity index (χ3n) is 3.02. The van der Waals surface area contributed by atoms with Gasteiger partial charge in [0.15, 0.2) is 0 Å². The Kier molecular flexibility index (Phi) is 7.01. The van der Waals surface area contributed by atoms with E-state index in [0.29, 0.717) is 38.6 Å². The molecule has 1 rings (SSSR count). The zero-order chi connectivity index (χ0) is 14.3. The van der Waals surface area contributed by atoms with Crippen molar-refractivity contribution in [3.05, 3.63) is 0 Å². The van der Waals surface area contributed by atoms with E-state index in [4.69, 9.17) is 4.74 Å². The first-order valence-corrected chi connectivity index (χ1v) is 7.71. The Morgan fingerprint density at radius 1 is 1.47 bits per heavy atom. The van der Waals surface area contributed by atoms with Crippen molar-refractivity contribution in [1.29, 1.82) is 0 Å². The lowest BCUT2D eigenvalue weighted by Gasteiger charge is -2.36. The predicted octanol–water partition coefficient (Wildman–Crippen LogP) is 0.967. The average Bonchev–Trinajstić information content (AvgIpc) is 2.43. The van der Waals surface area contributed by atoms with Gasteiger partial charge >= 0.3 is 12.0 Å². The van der Waals surface area contributed by atoms with Crippen molar-refractivity contribution in [2.45, 2.75) is 19.9 Å². The summed E-state index contributed by atoms with van der Waals surface area (Å²) < 4.78 is 5.24. The highest BCUT2D eigenvalue weighted by atomic mass is 32.2. The summed E-state index contributed by atoms with van der Waals surface area (Å²) in [5.74, 6) is 0.323. The highest BCUT2D eigenvalue weighted by Gasteiger charge is 2.34. The number of hydrogen-bond acceptors (Lipinski definition) is 4. The molecule has 6 nitrogen and oxygen atoms in total. The van der Waals surface area contributed by atoms with Crippen LogP contribution < -0.4 is 0 Å². The lowest BCUT2D eigenvalue weighted by atomic mass is 10.3. The Morgan fingerprint density at radius 2 is 2.21 bits per heavy atom. The Labute approximate surface area is 118 Å². The minimum Gasteiger partial charge on any atom is -0.480 e. The van der Waals surface area contributed by atoms with E-state index in [-0.39, 0.29) is 6.03 Å². The first-order chi connectivity index (χ1) is 9.11. The first-order valence-electron chi connectivity index (χ1n) is 6.55. The van der Waals surface area contributed by atoms with E-state index in [1.54, 1.807) is 16.7 Å². The number of thioether (sulfide) groups is 1. The highest BCUT2D eigenvalue weighted by Crippen LogP contribution is 2.18. The summed E-state index contributed by atoms with van der Waals surface area (Å²) in [6.07, 6.45) is 0. The molecule has 0 spiro atoms. The molecule has 0 bridgehead atoms. The molecule has 0 saturated carbocycles. The van der Waals surface area contributed by atoms with Crippen LogP contribution in [0.25, 0.3) is 0 Å². The van der Waals surface area contributed by atoms with E-state index in [9.17, 15) is 14.7 Å². The molecule has 1 fully saturated rings. The van der Waals surface area contributed by atoms with Crippen molar-refractivity contribution < 1.29 is 19.4 Å². The predicted molar refractivity (Wildman–Crippen MR) is 74.6 cm³/mol. The summed E-state index contributed by atoms with van der Waals surface area (Å²) in [4.78, 5) is 26.7. The van der Waals surface area contributed by atoms with Gasteiger partial charge in [0, 0.05) is 37.7 Å². The molecule has 0 aromatic rings. The van der Waals surface area contributed by atoms with Gasteiger partial charge in [-0.25, -0.2) is 9.59 Å². The monoisotopic (exact) mass is 290 g/mol. The molecule has 19 heavy (non-hydrogen) atoms. The maximum Gasteiger partial charge on any atom is 0.327 e. The second kappa shape index (κ2) is 8.27. The number of carboxylic acid groups (broad SMARTS) is 1. The molecule has 1 aliphatic rings. The second-order valence-corrected chi connectivity index (χ2v) is 5.33. The highest BCUT2D eigenvalue weighted by molar-refractivity contribution is 7.99. The number of carbonyl (C=O) groups excluding carboxylic acids is 1. The van der Waals surface area contributed by atoms with Crippen LogP contribution in [0.15, 0.2) is 0 Å². The van der Waals surface area contributed by atoms with E-state index >= 15 is 0 Å². The van der Waals surface area contributed by atoms with Gasteiger partial charge in [0.25, 0.3) is 0 Å². The number of carbonyl (C=O) groups is 2. The Balaban J connectivity index is 2.63. The molecule has 7 heteroatoms. The quantitative estimate of drug-likeness (QED) is 0.738. The van der Waals surface area contributed by atoms with Crippen LogP contribution in [0, 0.1) is 0 Å². The molecule has 0 aliphatic carbocycles. The van der Waals surface area contributed by atoms with Crippen LogP contribution in [0.5, 0.6) is 0 Å². The lowest BCUT2D eigenvalue weighted by molar-refractivity contribution is -0.141. The van der Waals surface area contributed by atoms with Crippen molar-refractivity contribution >= 4 is 23.8 Å². The smallest absolute Gasteiger partial charge is 0.327 e. The van der Waals surface area contributed by atoms with Crippen LogP contribution in [0.1, 0.15) is 13.8 Å². The molecule has 2 amide bonds. The molecule has 1 aliphatic heterocycles. The lowest BCUT2D eigenvalue weighted by Crippen LogP contribution is -2.55. The fraction of sp³-hybridized carbons (Fsp3) is 0.833. The van der Waals surface area contributed by atoms with E-state index in [2.05, 4.69) is 0 Å². The normalized spacial score (nSPS) is 19.3. The van der Waals surface area contributed by atoms with Crippen molar-refractivity contribution in [2.24, 2.45) is 0 Å². The van der Waals surface area contributed by atoms with Crippen LogP contribution in [0.2, 0.25) is 0 Å². The number of hydrogen-bond donors (Lipinski definition) is 1. The summed E-state index contributed by atoms with van der Waals surface area (Å²) in [6.45, 7) is 6.44. The van der Waals surface area contributed by atoms with Crippen LogP contribution in [-0.4, -0.2) is 77.3 Å². The van der Waals surface area contributed by atoms with E-state index < -0.39 is 12.0 Å². The molecule has 1 heterocycles. The van der Waals surface area contributed by atoms with Gasteiger partial charge in [-0.1, -0.05) is 0 Å². The number of urea groups is 1. The molecule has 1 atom stereocenters. The van der Waals surface area contributed by atoms with Crippen molar-refractivity contribution in [1.82, 2.24) is 9.80 Å². The van der Waals surface area contributed by atoms with Crippen LogP contribution in [-0.2, 0) is 9.53 Å². The largest absolute Gasteiger partial charge is 0.480 e. The van der Waals surface area contributed by atoms with Crippen LogP contribution >= 0.6 is 11.8 Å². The first kappa shape index (κ1) is 16.1. The number of ether oxygens (including phenoxy) is 1. The van der Waals surface area contributed by atoms with Gasteiger partial charge < -0.3 is 19.6 Å². The third kappa shape index (κ3) is 4.58. The Hall–Kier alpha value is -0.950. The zero-order valence-electron chi connectivity index (χ0n) is 11.5. The van der Waals surface area contributed by atoms with Crippen molar-refractivity contribution in [3.63, 3.8) is 0 Å². The third-order valence-corrected chi connectivity index (χ3v) is 4.04. The van der Waals surface area contributed by atoms with Gasteiger partial charge in [0.05, 0.1) is 6.61 Å². The molecular formula is C12H22N2O4S. The van der Waals surface area contributed by atoms with Crippen molar-refractivity contribution in [3.8, 4) is 0 Å². The summed E-state index contributed by atoms with van der Waals surface area (Å²) >= 11 is 1.58. The molecular weight excluding hydrogens is 268 g/mol. The van der Waals surface area contributed by atoms with Gasteiger partial charge in [-0.2, -0.15) is 11.8 Å². The maximum absolute atomic E-state index is 12.4. The molecule has 110 valence electrons. The Bertz CT molecular complexity index is 314. The van der Waals surface area contributed by atoms with Gasteiger partial charge in [0.1, 0.15) is 6.04 Å². The number of aliphatic carboxylic acids is 1. The summed E-state index contributed by atoms with van der Waals surface area (Å²) in [5.41, 5.74) is 0. The fourth-order valence-corrected chi connectivity index (χ4v) is 2.97. The van der Waals surface area contributed by atoms with Crippen LogP contribution in [0.3, 0.4) is 0 Å². The number of rotatable bonds is 6. The molecule has 1 saturated heterocycles. The minimum absolute atomic E-state index is 0.199. The number of amides is 2. The second-order valence-electron chi connectivity index (χ2n) is 4.18.